The van der Waals surface area contributed by atoms with Crippen molar-refractivity contribution in [3.63, 3.8) is 0 Å². The van der Waals surface area contributed by atoms with Crippen LogP contribution in [0.4, 0.5) is 0 Å². The molecule has 158 valence electrons. The predicted octanol–water partition coefficient (Wildman–Crippen LogP) is 3.63. The van der Waals surface area contributed by atoms with Crippen molar-refractivity contribution < 1.29 is 29.2 Å². The summed E-state index contributed by atoms with van der Waals surface area (Å²) in [5, 5.41) is 19.4. The Morgan fingerprint density at radius 3 is 2.38 bits per heavy atom. The van der Waals surface area contributed by atoms with Crippen LogP contribution in [0.5, 0.6) is 23.0 Å². The Hall–Kier alpha value is -2.44. The Balaban J connectivity index is 2.00. The van der Waals surface area contributed by atoms with Crippen molar-refractivity contribution in [3.8, 4) is 23.0 Å². The van der Waals surface area contributed by atoms with Gasteiger partial charge < -0.3 is 29.2 Å². The Bertz CT molecular complexity index is 819. The number of benzene rings is 2. The predicted molar refractivity (Wildman–Crippen MR) is 110 cm³/mol. The number of fused-ring (bicyclic) bond motifs is 1. The highest BCUT2D eigenvalue weighted by Gasteiger charge is 2.38. The summed E-state index contributed by atoms with van der Waals surface area (Å²) in [6, 6.07) is 9.73. The van der Waals surface area contributed by atoms with Crippen molar-refractivity contribution >= 4 is 0 Å². The molecular formula is C23H30O6. The summed E-state index contributed by atoms with van der Waals surface area (Å²) in [6.45, 7) is 4.98. The molecule has 29 heavy (non-hydrogen) atoms. The lowest BCUT2D eigenvalue weighted by atomic mass is 9.90. The van der Waals surface area contributed by atoms with Gasteiger partial charge in [0.15, 0.2) is 23.0 Å². The van der Waals surface area contributed by atoms with Crippen LogP contribution in [-0.2, 0) is 6.42 Å². The van der Waals surface area contributed by atoms with Crippen LogP contribution in [0.25, 0.3) is 0 Å². The Morgan fingerprint density at radius 2 is 1.72 bits per heavy atom. The van der Waals surface area contributed by atoms with Crippen molar-refractivity contribution in [3.05, 3.63) is 47.0 Å². The van der Waals surface area contributed by atoms with Crippen molar-refractivity contribution in [1.82, 2.24) is 0 Å². The molecule has 3 rings (SSSR count). The molecule has 6 heteroatoms. The lowest BCUT2D eigenvalue weighted by Crippen LogP contribution is -2.13. The van der Waals surface area contributed by atoms with Crippen molar-refractivity contribution in [2.24, 2.45) is 0 Å². The Labute approximate surface area is 172 Å². The normalized spacial score (nSPS) is 17.6. The fourth-order valence-electron chi connectivity index (χ4n) is 3.78. The summed E-state index contributed by atoms with van der Waals surface area (Å²) >= 11 is 0. The number of rotatable bonds is 10. The first-order valence-electron chi connectivity index (χ1n) is 10.1. The van der Waals surface area contributed by atoms with Crippen molar-refractivity contribution in [1.29, 1.82) is 0 Å². The summed E-state index contributed by atoms with van der Waals surface area (Å²) in [6.07, 6.45) is 1.06. The van der Waals surface area contributed by atoms with Crippen LogP contribution in [-0.4, -0.2) is 43.8 Å². The smallest absolute Gasteiger partial charge is 0.165 e. The minimum Gasteiger partial charge on any atom is -0.493 e. The first kappa shape index (κ1) is 21.3. The molecule has 0 fully saturated rings. The second-order valence-electron chi connectivity index (χ2n) is 6.94. The molecule has 0 radical (unpaired) electrons. The van der Waals surface area contributed by atoms with E-state index in [0.29, 0.717) is 42.6 Å². The number of hydrogen-bond donors (Lipinski definition) is 2. The molecule has 2 aromatic carbocycles. The molecular weight excluding hydrogens is 372 g/mol. The van der Waals surface area contributed by atoms with Gasteiger partial charge in [-0.15, -0.1) is 0 Å². The molecule has 2 atom stereocenters. The summed E-state index contributed by atoms with van der Waals surface area (Å²) in [5.74, 6) is 2.45. The van der Waals surface area contributed by atoms with E-state index in [1.807, 2.05) is 38.1 Å². The van der Waals surface area contributed by atoms with Crippen molar-refractivity contribution in [2.45, 2.75) is 38.7 Å². The molecule has 0 amide bonds. The maximum absolute atomic E-state index is 10.2. The largest absolute Gasteiger partial charge is 0.493 e. The summed E-state index contributed by atoms with van der Waals surface area (Å²) in [5.41, 5.74) is 2.91. The van der Waals surface area contributed by atoms with Gasteiger partial charge in [0, 0.05) is 12.2 Å². The van der Waals surface area contributed by atoms with Gasteiger partial charge in [-0.1, -0.05) is 12.1 Å². The van der Waals surface area contributed by atoms with Gasteiger partial charge >= 0.3 is 0 Å². The van der Waals surface area contributed by atoms with E-state index in [1.54, 1.807) is 7.11 Å². The molecule has 0 bridgehead atoms. The highest BCUT2D eigenvalue weighted by atomic mass is 16.5. The lowest BCUT2D eigenvalue weighted by molar-refractivity contribution is 0.155. The number of methoxy groups -OCH3 is 1. The molecule has 0 aliphatic carbocycles. The fraction of sp³-hybridized carbons (Fsp3) is 0.478. The molecule has 1 heterocycles. The molecule has 0 aromatic heterocycles. The van der Waals surface area contributed by atoms with Gasteiger partial charge in [-0.05, 0) is 56.0 Å². The highest BCUT2D eigenvalue weighted by Crippen LogP contribution is 2.51. The van der Waals surface area contributed by atoms with Crippen LogP contribution < -0.4 is 18.9 Å². The maximum Gasteiger partial charge on any atom is 0.165 e. The zero-order valence-electron chi connectivity index (χ0n) is 17.3. The van der Waals surface area contributed by atoms with Gasteiger partial charge in [-0.3, -0.25) is 0 Å². The van der Waals surface area contributed by atoms with Crippen LogP contribution in [0.3, 0.4) is 0 Å². The van der Waals surface area contributed by atoms with Gasteiger partial charge in [0.2, 0.25) is 0 Å². The number of ether oxygens (including phenoxy) is 4. The number of aryl methyl sites for hydroxylation is 1. The third-order valence-corrected chi connectivity index (χ3v) is 5.09. The van der Waals surface area contributed by atoms with Gasteiger partial charge in [0.1, 0.15) is 6.10 Å². The minimum absolute atomic E-state index is 0.0529. The van der Waals surface area contributed by atoms with Gasteiger partial charge in [-0.25, -0.2) is 0 Å². The van der Waals surface area contributed by atoms with Crippen molar-refractivity contribution in [2.75, 3.05) is 33.5 Å². The van der Waals surface area contributed by atoms with Crippen LogP contribution in [0, 0.1) is 0 Å². The van der Waals surface area contributed by atoms with Crippen LogP contribution >= 0.6 is 0 Å². The first-order chi connectivity index (χ1) is 14.2. The quantitative estimate of drug-likeness (QED) is 0.632. The third kappa shape index (κ3) is 4.43. The molecule has 2 N–H and O–H groups in total. The van der Waals surface area contributed by atoms with Crippen LogP contribution in [0.15, 0.2) is 30.3 Å². The zero-order valence-corrected chi connectivity index (χ0v) is 17.3. The molecule has 2 unspecified atom stereocenters. The maximum atomic E-state index is 10.2. The number of hydrogen-bond acceptors (Lipinski definition) is 6. The monoisotopic (exact) mass is 402 g/mol. The molecule has 6 nitrogen and oxygen atoms in total. The van der Waals surface area contributed by atoms with E-state index < -0.39 is 0 Å². The van der Waals surface area contributed by atoms with E-state index >= 15 is 0 Å². The molecule has 0 spiro atoms. The average Bonchev–Trinajstić information content (AvgIpc) is 3.11. The number of aliphatic hydroxyl groups excluding tert-OH is 2. The van der Waals surface area contributed by atoms with Gasteiger partial charge in [0.05, 0.1) is 32.8 Å². The van der Waals surface area contributed by atoms with E-state index in [0.717, 1.165) is 23.1 Å². The molecule has 0 saturated carbocycles. The van der Waals surface area contributed by atoms with E-state index in [4.69, 9.17) is 18.9 Å². The van der Waals surface area contributed by atoms with E-state index in [-0.39, 0.29) is 25.2 Å². The number of aliphatic hydroxyl groups is 2. The SMILES string of the molecule is CCOc1cc(C2Oc3c(OCC)cc(CCCO)cc3C2CO)ccc1OC. The minimum atomic E-state index is -0.354. The zero-order chi connectivity index (χ0) is 20.8. The van der Waals surface area contributed by atoms with Crippen LogP contribution in [0.2, 0.25) is 0 Å². The highest BCUT2D eigenvalue weighted by molar-refractivity contribution is 5.56. The molecule has 1 aliphatic heterocycles. The van der Waals surface area contributed by atoms with E-state index in [2.05, 4.69) is 6.07 Å². The summed E-state index contributed by atoms with van der Waals surface area (Å²) in [7, 11) is 1.61. The molecule has 2 aromatic rings. The molecule has 1 aliphatic rings. The summed E-state index contributed by atoms with van der Waals surface area (Å²) in [4.78, 5) is 0. The van der Waals surface area contributed by atoms with Crippen LogP contribution in [0.1, 0.15) is 49.0 Å². The van der Waals surface area contributed by atoms with Gasteiger partial charge in [-0.2, -0.15) is 0 Å². The molecule has 0 saturated heterocycles. The standard InChI is InChI=1S/C23H30O6/c1-4-27-20-13-16(8-9-19(20)26-3)22-18(14-25)17-11-15(7-6-10-24)12-21(28-5-2)23(17)29-22/h8-9,11-13,18,22,24-25H,4-7,10,14H2,1-3H3. The first-order valence-corrected chi connectivity index (χ1v) is 10.1. The lowest BCUT2D eigenvalue weighted by Gasteiger charge is -2.19. The van der Waals surface area contributed by atoms with E-state index in [1.165, 1.54) is 0 Å². The van der Waals surface area contributed by atoms with Gasteiger partial charge in [0.25, 0.3) is 0 Å². The average molecular weight is 402 g/mol. The Morgan fingerprint density at radius 1 is 0.966 bits per heavy atom. The second-order valence-corrected chi connectivity index (χ2v) is 6.94. The Kier molecular flexibility index (Phi) is 7.23. The van der Waals surface area contributed by atoms with E-state index in [9.17, 15) is 10.2 Å². The fourth-order valence-corrected chi connectivity index (χ4v) is 3.78. The topological polar surface area (TPSA) is 77.4 Å². The summed E-state index contributed by atoms with van der Waals surface area (Å²) < 4.78 is 23.2. The third-order valence-electron chi connectivity index (χ3n) is 5.09. The second kappa shape index (κ2) is 9.85.